The quantitative estimate of drug-likeness (QED) is 0.836. The molecule has 1 saturated carbocycles. The molecule has 0 amide bonds. The number of aromatic nitrogens is 2. The third kappa shape index (κ3) is 2.92. The predicted octanol–water partition coefficient (Wildman–Crippen LogP) is 2.12. The number of rotatable bonds is 3. The topological polar surface area (TPSA) is 58.0 Å². The highest BCUT2D eigenvalue weighted by Crippen LogP contribution is 2.25. The van der Waals surface area contributed by atoms with Crippen LogP contribution in [0, 0.1) is 12.8 Å². The van der Waals surface area contributed by atoms with Gasteiger partial charge in [0.2, 0.25) is 0 Å². The molecular weight excluding hydrogens is 270 g/mol. The number of anilines is 1. The molecule has 1 aliphatic carbocycles. The fourth-order valence-electron chi connectivity index (χ4n) is 2.11. The molecule has 0 bridgehead atoms. The summed E-state index contributed by atoms with van der Waals surface area (Å²) in [6.45, 7) is 2.64. The summed E-state index contributed by atoms with van der Waals surface area (Å²) in [5.41, 5.74) is 0. The Morgan fingerprint density at radius 2 is 2.31 bits per heavy atom. The molecule has 0 spiro atoms. The number of aliphatic hydroxyl groups is 1. The van der Waals surface area contributed by atoms with Crippen LogP contribution in [0.25, 0.3) is 0 Å². The molecule has 2 rings (SSSR count). The summed E-state index contributed by atoms with van der Waals surface area (Å²) in [5.74, 6) is 1.91. The minimum Gasteiger partial charge on any atom is -0.393 e. The highest BCUT2D eigenvalue weighted by Gasteiger charge is 2.24. The Hall–Kier alpha value is -0.680. The fourth-order valence-corrected chi connectivity index (χ4v) is 2.59. The zero-order valence-corrected chi connectivity index (χ0v) is 10.9. The van der Waals surface area contributed by atoms with E-state index in [-0.39, 0.29) is 6.10 Å². The van der Waals surface area contributed by atoms with E-state index < -0.39 is 0 Å². The van der Waals surface area contributed by atoms with E-state index in [2.05, 4.69) is 31.2 Å². The molecular formula is C11H16BrN3O. The lowest BCUT2D eigenvalue weighted by atomic mass is 10.1. The van der Waals surface area contributed by atoms with Gasteiger partial charge in [0.25, 0.3) is 0 Å². The first-order valence-corrected chi connectivity index (χ1v) is 6.37. The van der Waals surface area contributed by atoms with Gasteiger partial charge in [0.15, 0.2) is 0 Å². The molecule has 1 fully saturated rings. The second-order valence-corrected chi connectivity index (χ2v) is 5.07. The third-order valence-corrected chi connectivity index (χ3v) is 3.38. The van der Waals surface area contributed by atoms with Crippen LogP contribution in [-0.4, -0.2) is 27.7 Å². The maximum absolute atomic E-state index is 9.69. The minimum atomic E-state index is -0.154. The van der Waals surface area contributed by atoms with Crippen molar-refractivity contribution in [3.8, 4) is 0 Å². The van der Waals surface area contributed by atoms with Crippen LogP contribution in [0.2, 0.25) is 0 Å². The van der Waals surface area contributed by atoms with Crippen molar-refractivity contribution in [3.05, 3.63) is 16.5 Å². The summed E-state index contributed by atoms with van der Waals surface area (Å²) < 4.78 is 0.787. The van der Waals surface area contributed by atoms with Crippen molar-refractivity contribution < 1.29 is 5.11 Å². The van der Waals surface area contributed by atoms with E-state index in [9.17, 15) is 5.11 Å². The van der Waals surface area contributed by atoms with E-state index in [0.29, 0.717) is 5.92 Å². The van der Waals surface area contributed by atoms with Crippen molar-refractivity contribution in [2.75, 3.05) is 11.9 Å². The molecule has 2 N–H and O–H groups in total. The SMILES string of the molecule is Cc1nc(Br)cc(NCC2CCCC2O)n1. The number of hydrogen-bond acceptors (Lipinski definition) is 4. The third-order valence-electron chi connectivity index (χ3n) is 2.97. The van der Waals surface area contributed by atoms with Crippen LogP contribution >= 0.6 is 15.9 Å². The molecule has 0 aliphatic heterocycles. The zero-order chi connectivity index (χ0) is 11.5. The van der Waals surface area contributed by atoms with Gasteiger partial charge in [-0.05, 0) is 35.7 Å². The number of nitrogens with one attached hydrogen (secondary N) is 1. The van der Waals surface area contributed by atoms with Crippen LogP contribution in [0.4, 0.5) is 5.82 Å². The summed E-state index contributed by atoms with van der Waals surface area (Å²) >= 11 is 3.34. The lowest BCUT2D eigenvalue weighted by Crippen LogP contribution is -2.22. The van der Waals surface area contributed by atoms with E-state index in [1.54, 1.807) is 0 Å². The molecule has 2 unspecified atom stereocenters. The largest absolute Gasteiger partial charge is 0.393 e. The van der Waals surface area contributed by atoms with Gasteiger partial charge in [0, 0.05) is 18.5 Å². The molecule has 0 radical (unpaired) electrons. The number of aliphatic hydroxyl groups excluding tert-OH is 1. The van der Waals surface area contributed by atoms with Gasteiger partial charge in [0.05, 0.1) is 6.10 Å². The monoisotopic (exact) mass is 285 g/mol. The van der Waals surface area contributed by atoms with Crippen molar-refractivity contribution in [2.45, 2.75) is 32.3 Å². The molecule has 1 heterocycles. The van der Waals surface area contributed by atoms with Crippen LogP contribution in [0.15, 0.2) is 10.7 Å². The zero-order valence-electron chi connectivity index (χ0n) is 9.28. The van der Waals surface area contributed by atoms with Crippen LogP contribution in [0.3, 0.4) is 0 Å². The van der Waals surface area contributed by atoms with Crippen molar-refractivity contribution in [1.82, 2.24) is 9.97 Å². The summed E-state index contributed by atoms with van der Waals surface area (Å²) in [5, 5.41) is 13.0. The molecule has 5 heteroatoms. The van der Waals surface area contributed by atoms with Gasteiger partial charge in [-0.15, -0.1) is 0 Å². The molecule has 1 aliphatic rings. The molecule has 16 heavy (non-hydrogen) atoms. The minimum absolute atomic E-state index is 0.154. The van der Waals surface area contributed by atoms with Gasteiger partial charge >= 0.3 is 0 Å². The van der Waals surface area contributed by atoms with Crippen LogP contribution in [0.5, 0.6) is 0 Å². The van der Waals surface area contributed by atoms with Crippen molar-refractivity contribution in [1.29, 1.82) is 0 Å². The number of nitrogens with zero attached hydrogens (tertiary/aromatic N) is 2. The summed E-state index contributed by atoms with van der Waals surface area (Å²) in [6.07, 6.45) is 3.00. The average Bonchev–Trinajstić information content (AvgIpc) is 2.59. The number of hydrogen-bond donors (Lipinski definition) is 2. The van der Waals surface area contributed by atoms with Crippen LogP contribution < -0.4 is 5.32 Å². The van der Waals surface area contributed by atoms with Crippen LogP contribution in [-0.2, 0) is 0 Å². The Kier molecular flexibility index (Phi) is 3.76. The van der Waals surface area contributed by atoms with Gasteiger partial charge in [-0.25, -0.2) is 9.97 Å². The normalized spacial score (nSPS) is 24.7. The second kappa shape index (κ2) is 5.10. The molecule has 1 aromatic heterocycles. The maximum Gasteiger partial charge on any atom is 0.130 e. The first kappa shape index (κ1) is 11.8. The lowest BCUT2D eigenvalue weighted by Gasteiger charge is -2.15. The molecule has 0 aromatic carbocycles. The number of aryl methyl sites for hydroxylation is 1. The van der Waals surface area contributed by atoms with Crippen molar-refractivity contribution in [2.24, 2.45) is 5.92 Å². The lowest BCUT2D eigenvalue weighted by molar-refractivity contribution is 0.138. The van der Waals surface area contributed by atoms with E-state index in [1.165, 1.54) is 0 Å². The average molecular weight is 286 g/mol. The first-order valence-electron chi connectivity index (χ1n) is 5.58. The van der Waals surface area contributed by atoms with Gasteiger partial charge in [0.1, 0.15) is 16.2 Å². The van der Waals surface area contributed by atoms with Gasteiger partial charge < -0.3 is 10.4 Å². The van der Waals surface area contributed by atoms with E-state index in [0.717, 1.165) is 42.1 Å². The first-order chi connectivity index (χ1) is 7.65. The van der Waals surface area contributed by atoms with Crippen molar-refractivity contribution >= 4 is 21.7 Å². The molecule has 88 valence electrons. The Morgan fingerprint density at radius 3 is 2.94 bits per heavy atom. The summed E-state index contributed by atoms with van der Waals surface area (Å²) in [6, 6.07) is 1.86. The molecule has 1 aromatic rings. The maximum atomic E-state index is 9.69. The summed E-state index contributed by atoms with van der Waals surface area (Å²) in [4.78, 5) is 8.43. The van der Waals surface area contributed by atoms with Crippen LogP contribution in [0.1, 0.15) is 25.1 Å². The van der Waals surface area contributed by atoms with Gasteiger partial charge in [-0.3, -0.25) is 0 Å². The Labute approximate surface area is 104 Å². The highest BCUT2D eigenvalue weighted by atomic mass is 79.9. The standard InChI is InChI=1S/C11H16BrN3O/c1-7-14-10(12)5-11(15-7)13-6-8-3-2-4-9(8)16/h5,8-9,16H,2-4,6H2,1H3,(H,13,14,15). The van der Waals surface area contributed by atoms with E-state index >= 15 is 0 Å². The van der Waals surface area contributed by atoms with Gasteiger partial charge in [-0.1, -0.05) is 6.42 Å². The Bertz CT molecular complexity index is 352. The van der Waals surface area contributed by atoms with Crippen molar-refractivity contribution in [3.63, 3.8) is 0 Å². The number of halogens is 1. The fraction of sp³-hybridized carbons (Fsp3) is 0.636. The second-order valence-electron chi connectivity index (χ2n) is 4.26. The highest BCUT2D eigenvalue weighted by molar-refractivity contribution is 9.10. The van der Waals surface area contributed by atoms with Gasteiger partial charge in [-0.2, -0.15) is 0 Å². The Balaban J connectivity index is 1.94. The Morgan fingerprint density at radius 1 is 1.50 bits per heavy atom. The van der Waals surface area contributed by atoms with E-state index in [4.69, 9.17) is 0 Å². The van der Waals surface area contributed by atoms with E-state index in [1.807, 2.05) is 13.0 Å². The summed E-state index contributed by atoms with van der Waals surface area (Å²) in [7, 11) is 0. The molecule has 2 atom stereocenters. The smallest absolute Gasteiger partial charge is 0.130 e. The predicted molar refractivity (Wildman–Crippen MR) is 66.3 cm³/mol. The molecule has 0 saturated heterocycles. The molecule has 4 nitrogen and oxygen atoms in total.